The van der Waals surface area contributed by atoms with Crippen LogP contribution in [-0.2, 0) is 0 Å². The summed E-state index contributed by atoms with van der Waals surface area (Å²) in [5.74, 6) is 0.578. The van der Waals surface area contributed by atoms with E-state index in [9.17, 15) is 0 Å². The molecule has 12 heavy (non-hydrogen) atoms. The summed E-state index contributed by atoms with van der Waals surface area (Å²) in [7, 11) is 0. The fourth-order valence-corrected chi connectivity index (χ4v) is 1.59. The van der Waals surface area contributed by atoms with E-state index in [-0.39, 0.29) is 6.61 Å². The molecular formula is C7H6ClIN2O. The number of hydrogen-bond donors (Lipinski definition) is 1. The maximum Gasteiger partial charge on any atom is 0.165 e. The third kappa shape index (κ3) is 2.69. The van der Waals surface area contributed by atoms with Gasteiger partial charge in [0.15, 0.2) is 5.82 Å². The van der Waals surface area contributed by atoms with Crippen LogP contribution in [0.5, 0.6) is 0 Å². The standard InChI is InChI=1S/C7H6ClIN2O/c8-5-3-6(9)7(11-4-5)10-1-2-12/h1,3-4,12H,2H2. The maximum absolute atomic E-state index is 8.47. The van der Waals surface area contributed by atoms with Gasteiger partial charge in [-0.3, -0.25) is 0 Å². The number of rotatable bonds is 2. The van der Waals surface area contributed by atoms with E-state index in [1.54, 1.807) is 6.07 Å². The van der Waals surface area contributed by atoms with Crippen LogP contribution < -0.4 is 0 Å². The van der Waals surface area contributed by atoms with Crippen molar-refractivity contribution < 1.29 is 5.11 Å². The molecule has 0 aliphatic carbocycles. The third-order valence-corrected chi connectivity index (χ3v) is 2.08. The van der Waals surface area contributed by atoms with Gasteiger partial charge in [-0.2, -0.15) is 0 Å². The molecule has 0 atom stereocenters. The Labute approximate surface area is 88.6 Å². The quantitative estimate of drug-likeness (QED) is 0.670. The first-order chi connectivity index (χ1) is 5.74. The minimum absolute atomic E-state index is 0.0829. The lowest BCUT2D eigenvalue weighted by atomic mass is 10.5. The molecule has 64 valence electrons. The van der Waals surface area contributed by atoms with E-state index in [0.717, 1.165) is 3.57 Å². The van der Waals surface area contributed by atoms with E-state index in [0.29, 0.717) is 10.8 Å². The lowest BCUT2D eigenvalue weighted by molar-refractivity contribution is 0.361. The smallest absolute Gasteiger partial charge is 0.165 e. The molecule has 0 aliphatic heterocycles. The Morgan fingerprint density at radius 1 is 1.75 bits per heavy atom. The van der Waals surface area contributed by atoms with Crippen LogP contribution in [0.3, 0.4) is 0 Å². The summed E-state index contributed by atoms with van der Waals surface area (Å²) in [5, 5.41) is 9.05. The van der Waals surface area contributed by atoms with Crippen molar-refractivity contribution in [3.63, 3.8) is 0 Å². The number of aliphatic hydroxyl groups excluding tert-OH is 1. The third-order valence-electron chi connectivity index (χ3n) is 1.08. The summed E-state index contributed by atoms with van der Waals surface area (Å²) in [5.41, 5.74) is 0. The maximum atomic E-state index is 8.47. The zero-order chi connectivity index (χ0) is 8.97. The first kappa shape index (κ1) is 9.88. The fraction of sp³-hybridized carbons (Fsp3) is 0.143. The van der Waals surface area contributed by atoms with Gasteiger partial charge in [-0.05, 0) is 28.7 Å². The topological polar surface area (TPSA) is 45.5 Å². The van der Waals surface area contributed by atoms with Gasteiger partial charge in [0.25, 0.3) is 0 Å². The van der Waals surface area contributed by atoms with Crippen molar-refractivity contribution in [2.75, 3.05) is 6.61 Å². The van der Waals surface area contributed by atoms with Crippen molar-refractivity contribution in [1.29, 1.82) is 0 Å². The number of hydrogen-bond acceptors (Lipinski definition) is 3. The number of aliphatic imine (C=N–C) groups is 1. The van der Waals surface area contributed by atoms with Gasteiger partial charge in [0.2, 0.25) is 0 Å². The zero-order valence-corrected chi connectivity index (χ0v) is 8.95. The minimum Gasteiger partial charge on any atom is -0.391 e. The van der Waals surface area contributed by atoms with Crippen molar-refractivity contribution in [3.05, 3.63) is 20.9 Å². The molecule has 3 nitrogen and oxygen atoms in total. The number of pyridine rings is 1. The second-order valence-electron chi connectivity index (χ2n) is 1.95. The molecule has 0 bridgehead atoms. The second kappa shape index (κ2) is 4.74. The molecule has 1 rings (SSSR count). The van der Waals surface area contributed by atoms with Gasteiger partial charge in [0.1, 0.15) is 0 Å². The van der Waals surface area contributed by atoms with Crippen LogP contribution in [0.4, 0.5) is 5.82 Å². The van der Waals surface area contributed by atoms with E-state index < -0.39 is 0 Å². The molecule has 0 amide bonds. The van der Waals surface area contributed by atoms with E-state index in [1.165, 1.54) is 12.4 Å². The summed E-state index contributed by atoms with van der Waals surface area (Å²) >= 11 is 7.77. The van der Waals surface area contributed by atoms with Crippen molar-refractivity contribution in [1.82, 2.24) is 4.98 Å². The van der Waals surface area contributed by atoms with Gasteiger partial charge in [0.05, 0.1) is 15.2 Å². The molecule has 0 fully saturated rings. The Morgan fingerprint density at radius 2 is 2.50 bits per heavy atom. The van der Waals surface area contributed by atoms with Gasteiger partial charge >= 0.3 is 0 Å². The minimum atomic E-state index is -0.0829. The monoisotopic (exact) mass is 296 g/mol. The summed E-state index contributed by atoms with van der Waals surface area (Å²) in [4.78, 5) is 7.88. The number of aromatic nitrogens is 1. The first-order valence-electron chi connectivity index (χ1n) is 3.18. The fourth-order valence-electron chi connectivity index (χ4n) is 0.630. The van der Waals surface area contributed by atoms with Gasteiger partial charge in [-0.15, -0.1) is 0 Å². The molecule has 0 saturated heterocycles. The molecule has 0 aliphatic rings. The summed E-state index contributed by atoms with van der Waals surface area (Å²) in [6, 6.07) is 1.76. The Kier molecular flexibility index (Phi) is 3.90. The molecule has 0 radical (unpaired) electrons. The molecule has 0 spiro atoms. The molecule has 1 aromatic heterocycles. The molecule has 0 unspecified atom stereocenters. The highest BCUT2D eigenvalue weighted by Gasteiger charge is 1.98. The van der Waals surface area contributed by atoms with Crippen LogP contribution in [0.2, 0.25) is 5.02 Å². The van der Waals surface area contributed by atoms with Gasteiger partial charge in [0, 0.05) is 12.4 Å². The molecule has 5 heteroatoms. The number of halogens is 2. The van der Waals surface area contributed by atoms with Crippen molar-refractivity contribution in [2.45, 2.75) is 0 Å². The molecule has 0 aromatic carbocycles. The molecule has 1 aromatic rings. The average molecular weight is 296 g/mol. The van der Waals surface area contributed by atoms with Crippen LogP contribution >= 0.6 is 34.2 Å². The number of aliphatic hydroxyl groups is 1. The lowest BCUT2D eigenvalue weighted by Crippen LogP contribution is -1.84. The zero-order valence-electron chi connectivity index (χ0n) is 6.04. The Bertz CT molecular complexity index is 303. The lowest BCUT2D eigenvalue weighted by Gasteiger charge is -1.96. The molecular weight excluding hydrogens is 290 g/mol. The van der Waals surface area contributed by atoms with E-state index in [2.05, 4.69) is 32.6 Å². The summed E-state index contributed by atoms with van der Waals surface area (Å²) < 4.78 is 0.866. The number of nitrogens with zero attached hydrogens (tertiary/aromatic N) is 2. The molecule has 1 N–H and O–H groups in total. The van der Waals surface area contributed by atoms with E-state index in [1.807, 2.05) is 0 Å². The van der Waals surface area contributed by atoms with Gasteiger partial charge < -0.3 is 5.11 Å². The SMILES string of the molecule is OCC=Nc1ncc(Cl)cc1I. The van der Waals surface area contributed by atoms with Crippen LogP contribution in [0.1, 0.15) is 0 Å². The Hall–Kier alpha value is -0.200. The molecule has 0 saturated carbocycles. The molecule has 1 heterocycles. The first-order valence-corrected chi connectivity index (χ1v) is 4.64. The van der Waals surface area contributed by atoms with E-state index >= 15 is 0 Å². The Balaban J connectivity index is 2.94. The predicted octanol–water partition coefficient (Wildman–Crippen LogP) is 2.03. The second-order valence-corrected chi connectivity index (χ2v) is 3.55. The van der Waals surface area contributed by atoms with Crippen LogP contribution in [-0.4, -0.2) is 22.9 Å². The van der Waals surface area contributed by atoms with Crippen molar-refractivity contribution in [2.24, 2.45) is 4.99 Å². The van der Waals surface area contributed by atoms with E-state index in [4.69, 9.17) is 16.7 Å². The van der Waals surface area contributed by atoms with Crippen molar-refractivity contribution in [3.8, 4) is 0 Å². The highest BCUT2D eigenvalue weighted by Crippen LogP contribution is 2.20. The predicted molar refractivity (Wildman–Crippen MR) is 57.2 cm³/mol. The normalized spacial score (nSPS) is 10.9. The van der Waals surface area contributed by atoms with Gasteiger partial charge in [-0.1, -0.05) is 11.6 Å². The van der Waals surface area contributed by atoms with Crippen LogP contribution in [0, 0.1) is 3.57 Å². The largest absolute Gasteiger partial charge is 0.391 e. The average Bonchev–Trinajstić information content (AvgIpc) is 2.03. The van der Waals surface area contributed by atoms with Crippen molar-refractivity contribution >= 4 is 46.2 Å². The van der Waals surface area contributed by atoms with Crippen LogP contribution in [0.15, 0.2) is 17.3 Å². The summed E-state index contributed by atoms with van der Waals surface area (Å²) in [6.07, 6.45) is 2.91. The van der Waals surface area contributed by atoms with Crippen LogP contribution in [0.25, 0.3) is 0 Å². The van der Waals surface area contributed by atoms with Gasteiger partial charge in [-0.25, -0.2) is 9.98 Å². The summed E-state index contributed by atoms with van der Waals surface area (Å²) in [6.45, 7) is -0.0829. The highest BCUT2D eigenvalue weighted by atomic mass is 127. The highest BCUT2D eigenvalue weighted by molar-refractivity contribution is 14.1. The Morgan fingerprint density at radius 3 is 3.08 bits per heavy atom.